The Bertz CT molecular complexity index is 976. The van der Waals surface area contributed by atoms with Crippen molar-refractivity contribution < 1.29 is 13.9 Å². The fourth-order valence-electron chi connectivity index (χ4n) is 5.74. The predicted octanol–water partition coefficient (Wildman–Crippen LogP) is 5.78. The fraction of sp³-hybridized carbons (Fsp3) is 0.522. The molecule has 2 aromatic rings. The van der Waals surface area contributed by atoms with Gasteiger partial charge < -0.3 is 19.4 Å². The maximum Gasteiger partial charge on any atom is 0.344 e. The Kier molecular flexibility index (Phi) is 3.50. The number of hydrogen-bond donors (Lipinski definition) is 1. The zero-order valence-corrected chi connectivity index (χ0v) is 17.3. The van der Waals surface area contributed by atoms with E-state index < -0.39 is 0 Å². The first-order valence-electron chi connectivity index (χ1n) is 10.2. The highest BCUT2D eigenvalue weighted by molar-refractivity contribution is 6.04. The van der Waals surface area contributed by atoms with Crippen LogP contribution in [0.1, 0.15) is 56.2 Å². The van der Waals surface area contributed by atoms with Crippen molar-refractivity contribution in [1.29, 1.82) is 0 Å². The number of benzene rings is 1. The Balaban J connectivity index is 1.47. The van der Waals surface area contributed by atoms with E-state index >= 15 is 0 Å². The summed E-state index contributed by atoms with van der Waals surface area (Å²) >= 11 is 0. The van der Waals surface area contributed by atoms with Gasteiger partial charge in [-0.25, -0.2) is 4.79 Å². The highest BCUT2D eigenvalue weighted by atomic mass is 16.5. The van der Waals surface area contributed by atoms with E-state index in [-0.39, 0.29) is 22.9 Å². The van der Waals surface area contributed by atoms with Crippen LogP contribution in [0, 0.1) is 23.7 Å². The third kappa shape index (κ3) is 2.10. The molecule has 0 saturated heterocycles. The average molecular weight is 380 g/mol. The van der Waals surface area contributed by atoms with Crippen LogP contribution in [0.15, 0.2) is 28.7 Å². The second-order valence-electron chi connectivity index (χ2n) is 9.42. The van der Waals surface area contributed by atoms with Gasteiger partial charge >= 0.3 is 5.97 Å². The third-order valence-corrected chi connectivity index (χ3v) is 8.06. The molecular formula is C23H28N2O3. The van der Waals surface area contributed by atoms with Crippen molar-refractivity contribution >= 4 is 28.9 Å². The molecular weight excluding hydrogens is 352 g/mol. The molecule has 1 aliphatic heterocycles. The number of nitrogens with zero attached hydrogens (tertiary/aromatic N) is 1. The molecule has 0 amide bonds. The van der Waals surface area contributed by atoms with E-state index in [1.807, 2.05) is 43.1 Å². The Morgan fingerprint density at radius 3 is 2.71 bits per heavy atom. The molecule has 2 bridgehead atoms. The number of furan rings is 1. The van der Waals surface area contributed by atoms with Crippen LogP contribution in [0.4, 0.5) is 22.9 Å². The van der Waals surface area contributed by atoms with Crippen LogP contribution in [-0.2, 0) is 4.74 Å². The molecule has 3 aliphatic rings. The maximum atomic E-state index is 13.3. The molecule has 0 radical (unpaired) electrons. The molecule has 5 heteroatoms. The molecule has 148 valence electrons. The number of aryl methyl sites for hydroxylation is 1. The number of fused-ring (bicyclic) bond motifs is 4. The van der Waals surface area contributed by atoms with Crippen molar-refractivity contribution in [3.63, 3.8) is 0 Å². The second-order valence-corrected chi connectivity index (χ2v) is 9.42. The molecule has 2 fully saturated rings. The Labute approximate surface area is 166 Å². The number of rotatable bonds is 2. The number of para-hydroxylation sites is 2. The lowest BCUT2D eigenvalue weighted by atomic mass is 9.70. The summed E-state index contributed by atoms with van der Waals surface area (Å²) in [6.07, 6.45) is 3.29. The number of ether oxygens (including phenoxy) is 1. The van der Waals surface area contributed by atoms with Crippen molar-refractivity contribution in [2.75, 3.05) is 17.3 Å². The molecule has 1 N–H and O–H groups in total. The third-order valence-electron chi connectivity index (χ3n) is 8.06. The summed E-state index contributed by atoms with van der Waals surface area (Å²) in [5.74, 6) is 1.60. The van der Waals surface area contributed by atoms with Gasteiger partial charge in [-0.3, -0.25) is 0 Å². The van der Waals surface area contributed by atoms with E-state index in [2.05, 4.69) is 26.1 Å². The number of esters is 1. The van der Waals surface area contributed by atoms with E-state index in [1.165, 1.54) is 6.42 Å². The van der Waals surface area contributed by atoms with Crippen LogP contribution in [0.5, 0.6) is 0 Å². The lowest BCUT2D eigenvalue weighted by molar-refractivity contribution is -0.0242. The first-order valence-corrected chi connectivity index (χ1v) is 10.2. The van der Waals surface area contributed by atoms with E-state index in [1.54, 1.807) is 0 Å². The van der Waals surface area contributed by atoms with Crippen LogP contribution >= 0.6 is 0 Å². The molecule has 28 heavy (non-hydrogen) atoms. The van der Waals surface area contributed by atoms with Gasteiger partial charge in [0.2, 0.25) is 5.88 Å². The summed E-state index contributed by atoms with van der Waals surface area (Å²) in [7, 11) is 1.95. The van der Waals surface area contributed by atoms with Gasteiger partial charge in [0.1, 0.15) is 23.1 Å². The van der Waals surface area contributed by atoms with Gasteiger partial charge in [0.05, 0.1) is 11.4 Å². The Morgan fingerprint density at radius 2 is 2.04 bits per heavy atom. The molecule has 1 aromatic carbocycles. The predicted molar refractivity (Wildman–Crippen MR) is 110 cm³/mol. The second kappa shape index (κ2) is 5.56. The normalized spacial score (nSPS) is 29.2. The van der Waals surface area contributed by atoms with Crippen LogP contribution in [-0.4, -0.2) is 19.1 Å². The van der Waals surface area contributed by atoms with Crippen LogP contribution in [0.3, 0.4) is 0 Å². The van der Waals surface area contributed by atoms with Crippen LogP contribution in [0.25, 0.3) is 0 Å². The van der Waals surface area contributed by atoms with Crippen molar-refractivity contribution in [3.05, 3.63) is 35.6 Å². The average Bonchev–Trinajstić information content (AvgIpc) is 3.16. The van der Waals surface area contributed by atoms with Crippen LogP contribution < -0.4 is 10.2 Å². The summed E-state index contributed by atoms with van der Waals surface area (Å²) in [5.41, 5.74) is 3.45. The minimum atomic E-state index is -0.280. The summed E-state index contributed by atoms with van der Waals surface area (Å²) in [6.45, 7) is 8.79. The van der Waals surface area contributed by atoms with E-state index in [0.29, 0.717) is 28.8 Å². The minimum Gasteiger partial charge on any atom is -0.458 e. The van der Waals surface area contributed by atoms with Gasteiger partial charge in [0.25, 0.3) is 0 Å². The number of carbonyl (C=O) groups is 1. The molecule has 2 saturated carbocycles. The fourth-order valence-corrected chi connectivity index (χ4v) is 5.74. The summed E-state index contributed by atoms with van der Waals surface area (Å²) in [6, 6.07) is 8.00. The monoisotopic (exact) mass is 380 g/mol. The molecule has 1 aromatic heterocycles. The zero-order valence-electron chi connectivity index (χ0n) is 17.3. The summed E-state index contributed by atoms with van der Waals surface area (Å²) in [5, 5.41) is 3.39. The molecule has 5 nitrogen and oxygen atoms in total. The number of carbonyl (C=O) groups excluding carboxylic acids is 1. The van der Waals surface area contributed by atoms with Gasteiger partial charge in [0, 0.05) is 12.5 Å². The quantitative estimate of drug-likeness (QED) is 0.669. The van der Waals surface area contributed by atoms with E-state index in [0.717, 1.165) is 24.2 Å². The maximum absolute atomic E-state index is 13.3. The first-order chi connectivity index (χ1) is 13.2. The summed E-state index contributed by atoms with van der Waals surface area (Å²) in [4.78, 5) is 15.2. The number of nitrogens with one attached hydrogen (secondary N) is 1. The highest BCUT2D eigenvalue weighted by Gasteiger charge is 2.63. The van der Waals surface area contributed by atoms with Crippen LogP contribution in [0.2, 0.25) is 0 Å². The van der Waals surface area contributed by atoms with Gasteiger partial charge in [-0.05, 0) is 49.7 Å². The van der Waals surface area contributed by atoms with Crippen molar-refractivity contribution in [1.82, 2.24) is 0 Å². The molecule has 5 rings (SSSR count). The van der Waals surface area contributed by atoms with E-state index in [9.17, 15) is 4.79 Å². The number of hydrogen-bond acceptors (Lipinski definition) is 5. The zero-order chi connectivity index (χ0) is 19.8. The lowest BCUT2D eigenvalue weighted by Gasteiger charge is -2.38. The topological polar surface area (TPSA) is 54.7 Å². The molecule has 2 heterocycles. The smallest absolute Gasteiger partial charge is 0.344 e. The minimum absolute atomic E-state index is 0.0349. The van der Waals surface area contributed by atoms with Crippen molar-refractivity contribution in [3.8, 4) is 0 Å². The largest absolute Gasteiger partial charge is 0.458 e. The van der Waals surface area contributed by atoms with Crippen molar-refractivity contribution in [2.45, 2.75) is 53.1 Å². The lowest BCUT2D eigenvalue weighted by Crippen LogP contribution is -2.38. The standard InChI is InChI=1S/C23H28N2O3/c1-13-18(19-20(27-13)25(5)16-9-7-6-8-15(16)24-19)21(26)28-17-12-14-10-11-23(17,4)22(14,2)3/h6-9,14,17,24H,10-12H2,1-5H3. The van der Waals surface area contributed by atoms with Gasteiger partial charge in [-0.2, -0.15) is 0 Å². The van der Waals surface area contributed by atoms with E-state index in [4.69, 9.17) is 9.15 Å². The molecule has 0 spiro atoms. The number of anilines is 4. The van der Waals surface area contributed by atoms with Gasteiger partial charge in [0.15, 0.2) is 0 Å². The SMILES string of the molecule is Cc1oc2c(c1C(=O)OC1CC3CCC1(C)C3(C)C)Nc1ccccc1N2C. The van der Waals surface area contributed by atoms with Gasteiger partial charge in [-0.15, -0.1) is 0 Å². The Hall–Kier alpha value is -2.43. The first kappa shape index (κ1) is 17.7. The molecule has 3 atom stereocenters. The molecule has 3 unspecified atom stereocenters. The van der Waals surface area contributed by atoms with Gasteiger partial charge in [-0.1, -0.05) is 32.9 Å². The summed E-state index contributed by atoms with van der Waals surface area (Å²) < 4.78 is 12.1. The Morgan fingerprint density at radius 1 is 1.29 bits per heavy atom. The molecule has 2 aliphatic carbocycles. The van der Waals surface area contributed by atoms with Crippen molar-refractivity contribution in [2.24, 2.45) is 16.7 Å². The highest BCUT2D eigenvalue weighted by Crippen LogP contribution is 2.66.